The summed E-state index contributed by atoms with van der Waals surface area (Å²) >= 11 is 1.86. The van der Waals surface area contributed by atoms with Crippen LogP contribution >= 0.6 is 11.8 Å². The van der Waals surface area contributed by atoms with Gasteiger partial charge < -0.3 is 4.74 Å². The molecule has 1 unspecified atom stereocenters. The molecule has 1 heterocycles. The van der Waals surface area contributed by atoms with Crippen molar-refractivity contribution >= 4 is 17.7 Å². The second-order valence-electron chi connectivity index (χ2n) is 2.44. The number of cyclic esters (lactones) is 1. The van der Waals surface area contributed by atoms with Crippen molar-refractivity contribution in [2.24, 2.45) is 0 Å². The van der Waals surface area contributed by atoms with Gasteiger partial charge in [-0.1, -0.05) is 6.92 Å². The quantitative estimate of drug-likeness (QED) is 0.502. The van der Waals surface area contributed by atoms with Crippen LogP contribution in [-0.2, 0) is 9.53 Å². The average molecular weight is 160 g/mol. The maximum Gasteiger partial charge on any atom is 0.306 e. The van der Waals surface area contributed by atoms with E-state index in [-0.39, 0.29) is 5.97 Å². The van der Waals surface area contributed by atoms with Crippen LogP contribution in [0, 0.1) is 0 Å². The van der Waals surface area contributed by atoms with Gasteiger partial charge in [0.15, 0.2) is 0 Å². The Morgan fingerprint density at radius 2 is 2.50 bits per heavy atom. The topological polar surface area (TPSA) is 26.3 Å². The van der Waals surface area contributed by atoms with Gasteiger partial charge in [-0.3, -0.25) is 4.79 Å². The van der Waals surface area contributed by atoms with E-state index in [1.807, 2.05) is 11.8 Å². The van der Waals surface area contributed by atoms with E-state index in [9.17, 15) is 4.79 Å². The molecule has 10 heavy (non-hydrogen) atoms. The number of hydrogen-bond donors (Lipinski definition) is 0. The summed E-state index contributed by atoms with van der Waals surface area (Å²) in [4.78, 5) is 10.7. The Morgan fingerprint density at radius 1 is 1.70 bits per heavy atom. The molecule has 1 fully saturated rings. The fourth-order valence-electron chi connectivity index (χ4n) is 0.838. The third-order valence-corrected chi connectivity index (χ3v) is 2.74. The number of rotatable bonds is 0. The van der Waals surface area contributed by atoms with E-state index in [0.717, 1.165) is 12.2 Å². The van der Waals surface area contributed by atoms with Gasteiger partial charge in [-0.25, -0.2) is 0 Å². The number of hydrogen-bond acceptors (Lipinski definition) is 3. The summed E-state index contributed by atoms with van der Waals surface area (Å²) in [6, 6.07) is 0. The average Bonchev–Trinajstić information content (AvgIpc) is 1.84. The molecule has 0 aromatic rings. The first-order valence-electron chi connectivity index (χ1n) is 3.56. The van der Waals surface area contributed by atoms with Crippen LogP contribution in [0.2, 0.25) is 0 Å². The summed E-state index contributed by atoms with van der Waals surface area (Å²) in [7, 11) is 0. The van der Waals surface area contributed by atoms with E-state index in [1.54, 1.807) is 0 Å². The highest BCUT2D eigenvalue weighted by Gasteiger charge is 2.10. The third kappa shape index (κ3) is 2.60. The first kappa shape index (κ1) is 7.92. The predicted octanol–water partition coefficient (Wildman–Crippen LogP) is 1.45. The Morgan fingerprint density at radius 3 is 3.30 bits per heavy atom. The van der Waals surface area contributed by atoms with E-state index in [4.69, 9.17) is 4.74 Å². The van der Waals surface area contributed by atoms with Crippen LogP contribution in [0.1, 0.15) is 19.8 Å². The summed E-state index contributed by atoms with van der Waals surface area (Å²) in [6.45, 7) is 2.77. The zero-order valence-electron chi connectivity index (χ0n) is 6.13. The molecule has 1 atom stereocenters. The summed E-state index contributed by atoms with van der Waals surface area (Å²) in [5.74, 6) is 0.874. The Labute approximate surface area is 65.3 Å². The molecule has 58 valence electrons. The van der Waals surface area contributed by atoms with Gasteiger partial charge in [-0.05, 0) is 6.42 Å². The molecule has 0 radical (unpaired) electrons. The number of carbonyl (C=O) groups excluding carboxylic acids is 1. The molecule has 3 heteroatoms. The van der Waals surface area contributed by atoms with Crippen LogP contribution in [0.15, 0.2) is 0 Å². The first-order valence-corrected chi connectivity index (χ1v) is 4.61. The van der Waals surface area contributed by atoms with E-state index in [0.29, 0.717) is 18.3 Å². The highest BCUT2D eigenvalue weighted by molar-refractivity contribution is 7.99. The van der Waals surface area contributed by atoms with Crippen LogP contribution in [0.25, 0.3) is 0 Å². The standard InChI is InChI=1S/C7H12O2S/c1-6-2-4-9-7(8)3-5-10-6/h6H,2-5H2,1H3. The van der Waals surface area contributed by atoms with Gasteiger partial charge in [0.2, 0.25) is 0 Å². The van der Waals surface area contributed by atoms with Crippen LogP contribution in [0.3, 0.4) is 0 Å². The highest BCUT2D eigenvalue weighted by atomic mass is 32.2. The van der Waals surface area contributed by atoms with E-state index in [1.165, 1.54) is 0 Å². The van der Waals surface area contributed by atoms with Crippen molar-refractivity contribution in [3.63, 3.8) is 0 Å². The predicted molar refractivity (Wildman–Crippen MR) is 42.1 cm³/mol. The number of carbonyl (C=O) groups is 1. The Balaban J connectivity index is 2.27. The fourth-order valence-corrected chi connectivity index (χ4v) is 1.79. The van der Waals surface area contributed by atoms with Crippen molar-refractivity contribution in [1.82, 2.24) is 0 Å². The maximum atomic E-state index is 10.7. The molecular formula is C7H12O2S. The highest BCUT2D eigenvalue weighted by Crippen LogP contribution is 2.17. The summed E-state index contributed by atoms with van der Waals surface area (Å²) in [6.07, 6.45) is 1.57. The number of esters is 1. The normalized spacial score (nSPS) is 28.5. The Bertz CT molecular complexity index is 113. The van der Waals surface area contributed by atoms with Crippen molar-refractivity contribution in [2.75, 3.05) is 12.4 Å². The molecule has 1 saturated heterocycles. The molecule has 0 N–H and O–H groups in total. The van der Waals surface area contributed by atoms with Crippen LogP contribution < -0.4 is 0 Å². The van der Waals surface area contributed by atoms with Crippen molar-refractivity contribution in [1.29, 1.82) is 0 Å². The van der Waals surface area contributed by atoms with Crippen molar-refractivity contribution in [3.05, 3.63) is 0 Å². The fraction of sp³-hybridized carbons (Fsp3) is 0.857. The van der Waals surface area contributed by atoms with Gasteiger partial charge >= 0.3 is 5.97 Å². The van der Waals surface area contributed by atoms with Crippen molar-refractivity contribution < 1.29 is 9.53 Å². The third-order valence-electron chi connectivity index (χ3n) is 1.50. The molecule has 0 aromatic carbocycles. The van der Waals surface area contributed by atoms with Crippen LogP contribution in [0.4, 0.5) is 0 Å². The lowest BCUT2D eigenvalue weighted by atomic mass is 10.3. The molecule has 2 nitrogen and oxygen atoms in total. The Kier molecular flexibility index (Phi) is 3.06. The largest absolute Gasteiger partial charge is 0.466 e. The van der Waals surface area contributed by atoms with E-state index >= 15 is 0 Å². The van der Waals surface area contributed by atoms with Gasteiger partial charge in [0.25, 0.3) is 0 Å². The maximum absolute atomic E-state index is 10.7. The molecule has 0 saturated carbocycles. The number of thioether (sulfide) groups is 1. The molecule has 0 bridgehead atoms. The lowest BCUT2D eigenvalue weighted by Crippen LogP contribution is -2.14. The molecule has 0 aliphatic carbocycles. The summed E-state index contributed by atoms with van der Waals surface area (Å²) in [5, 5.41) is 0.646. The number of ether oxygens (including phenoxy) is 1. The zero-order chi connectivity index (χ0) is 7.40. The minimum Gasteiger partial charge on any atom is -0.466 e. The van der Waals surface area contributed by atoms with E-state index < -0.39 is 0 Å². The van der Waals surface area contributed by atoms with Gasteiger partial charge in [0.05, 0.1) is 13.0 Å². The molecule has 1 aliphatic heterocycles. The van der Waals surface area contributed by atoms with Gasteiger partial charge in [-0.2, -0.15) is 11.8 Å². The lowest BCUT2D eigenvalue weighted by Gasteiger charge is -2.14. The first-order chi connectivity index (χ1) is 4.79. The molecule has 0 amide bonds. The molecular weight excluding hydrogens is 148 g/mol. The van der Waals surface area contributed by atoms with Crippen molar-refractivity contribution in [2.45, 2.75) is 25.0 Å². The summed E-state index contributed by atoms with van der Waals surface area (Å²) in [5.41, 5.74) is 0. The minimum absolute atomic E-state index is 0.0422. The lowest BCUT2D eigenvalue weighted by molar-refractivity contribution is -0.143. The monoisotopic (exact) mass is 160 g/mol. The second kappa shape index (κ2) is 3.86. The molecule has 1 aliphatic rings. The SMILES string of the molecule is CC1CCOC(=O)CCS1. The summed E-state index contributed by atoms with van der Waals surface area (Å²) < 4.78 is 4.90. The van der Waals surface area contributed by atoms with Gasteiger partial charge in [0.1, 0.15) is 0 Å². The van der Waals surface area contributed by atoms with Crippen LogP contribution in [-0.4, -0.2) is 23.6 Å². The van der Waals surface area contributed by atoms with Gasteiger partial charge in [-0.15, -0.1) is 0 Å². The van der Waals surface area contributed by atoms with Gasteiger partial charge in [0, 0.05) is 11.0 Å². The van der Waals surface area contributed by atoms with E-state index in [2.05, 4.69) is 6.92 Å². The minimum atomic E-state index is -0.0422. The second-order valence-corrected chi connectivity index (χ2v) is 3.99. The molecule has 0 aromatic heterocycles. The van der Waals surface area contributed by atoms with Crippen LogP contribution in [0.5, 0.6) is 0 Å². The Hall–Kier alpha value is -0.180. The van der Waals surface area contributed by atoms with Crippen molar-refractivity contribution in [3.8, 4) is 0 Å². The molecule has 0 spiro atoms. The zero-order valence-corrected chi connectivity index (χ0v) is 6.95. The smallest absolute Gasteiger partial charge is 0.306 e. The molecule has 1 rings (SSSR count).